The molecular formula is C18H24Cl2N4O. The van der Waals surface area contributed by atoms with E-state index in [9.17, 15) is 4.79 Å². The van der Waals surface area contributed by atoms with Crippen LogP contribution in [-0.4, -0.2) is 46.8 Å². The Hall–Kier alpha value is -1.56. The number of carbonyl (C=O) groups excluding carboxylic acids is 1. The number of rotatable bonds is 2. The fraction of sp³-hybridized carbons (Fsp3) is 0.444. The zero-order valence-electron chi connectivity index (χ0n) is 14.8. The molecule has 0 unspecified atom stereocenters. The molecule has 0 spiro atoms. The van der Waals surface area contributed by atoms with Crippen molar-refractivity contribution >= 4 is 29.9 Å². The van der Waals surface area contributed by atoms with Gasteiger partial charge < -0.3 is 10.2 Å². The zero-order valence-corrected chi connectivity index (χ0v) is 16.3. The average Bonchev–Trinajstić information content (AvgIpc) is 3.01. The van der Waals surface area contributed by atoms with Crippen LogP contribution in [0.2, 0.25) is 5.02 Å². The molecule has 1 N–H and O–H groups in total. The molecule has 25 heavy (non-hydrogen) atoms. The van der Waals surface area contributed by atoms with Crippen LogP contribution >= 0.6 is 24.0 Å². The maximum Gasteiger partial charge on any atom is 0.257 e. The number of benzene rings is 1. The van der Waals surface area contributed by atoms with E-state index in [1.165, 1.54) is 0 Å². The molecular weight excluding hydrogens is 359 g/mol. The summed E-state index contributed by atoms with van der Waals surface area (Å²) >= 11 is 6.36. The number of nitrogens with zero attached hydrogens (tertiary/aromatic N) is 3. The first-order valence-electron chi connectivity index (χ1n) is 8.23. The first kappa shape index (κ1) is 19.8. The molecule has 0 saturated carbocycles. The van der Waals surface area contributed by atoms with Gasteiger partial charge in [0.25, 0.3) is 5.91 Å². The maximum absolute atomic E-state index is 13.0. The van der Waals surface area contributed by atoms with Crippen LogP contribution in [0.15, 0.2) is 30.5 Å². The number of hydrogen-bond acceptors (Lipinski definition) is 3. The quantitative estimate of drug-likeness (QED) is 0.865. The van der Waals surface area contributed by atoms with E-state index in [4.69, 9.17) is 16.7 Å². The van der Waals surface area contributed by atoms with Gasteiger partial charge in [0.15, 0.2) is 0 Å². The second-order valence-electron chi connectivity index (χ2n) is 7.03. The largest absolute Gasteiger partial charge is 0.336 e. The summed E-state index contributed by atoms with van der Waals surface area (Å²) in [5.74, 6) is 0.0157. The summed E-state index contributed by atoms with van der Waals surface area (Å²) in [7, 11) is 0. The lowest BCUT2D eigenvalue weighted by Crippen LogP contribution is -2.46. The molecule has 3 rings (SSSR count). The van der Waals surface area contributed by atoms with Gasteiger partial charge in [0.1, 0.15) is 5.69 Å². The van der Waals surface area contributed by atoms with Crippen LogP contribution in [0.3, 0.4) is 0 Å². The van der Waals surface area contributed by atoms with Crippen molar-refractivity contribution in [2.75, 3.05) is 26.2 Å². The molecule has 0 aliphatic carbocycles. The smallest absolute Gasteiger partial charge is 0.257 e. The van der Waals surface area contributed by atoms with E-state index in [1.54, 1.807) is 0 Å². The number of carbonyl (C=O) groups is 1. The van der Waals surface area contributed by atoms with E-state index in [0.717, 1.165) is 18.7 Å². The van der Waals surface area contributed by atoms with Crippen molar-refractivity contribution in [1.82, 2.24) is 20.0 Å². The van der Waals surface area contributed by atoms with Crippen LogP contribution in [-0.2, 0) is 5.54 Å². The number of halogens is 2. The predicted octanol–water partition coefficient (Wildman–Crippen LogP) is 3.43. The average molecular weight is 383 g/mol. The van der Waals surface area contributed by atoms with Gasteiger partial charge in [0, 0.05) is 37.9 Å². The molecule has 7 heteroatoms. The molecule has 2 heterocycles. The topological polar surface area (TPSA) is 50.2 Å². The highest BCUT2D eigenvalue weighted by Gasteiger charge is 2.27. The maximum atomic E-state index is 13.0. The first-order valence-corrected chi connectivity index (χ1v) is 8.61. The van der Waals surface area contributed by atoms with Gasteiger partial charge in [-0.15, -0.1) is 12.4 Å². The normalized spacial score (nSPS) is 15.0. The number of amides is 1. The lowest BCUT2D eigenvalue weighted by Gasteiger charge is -2.27. The first-order chi connectivity index (χ1) is 11.4. The minimum absolute atomic E-state index is 0. The number of nitrogens with one attached hydrogen (secondary N) is 1. The van der Waals surface area contributed by atoms with E-state index in [2.05, 4.69) is 26.1 Å². The summed E-state index contributed by atoms with van der Waals surface area (Å²) in [6.45, 7) is 9.25. The van der Waals surface area contributed by atoms with Crippen LogP contribution in [0, 0.1) is 0 Å². The highest BCUT2D eigenvalue weighted by Crippen LogP contribution is 2.31. The molecule has 0 radical (unpaired) electrons. The Labute approximate surface area is 159 Å². The molecule has 5 nitrogen and oxygen atoms in total. The van der Waals surface area contributed by atoms with Crippen LogP contribution < -0.4 is 5.32 Å². The fourth-order valence-electron chi connectivity index (χ4n) is 2.76. The minimum atomic E-state index is -0.210. The minimum Gasteiger partial charge on any atom is -0.336 e. The zero-order chi connectivity index (χ0) is 17.3. The summed E-state index contributed by atoms with van der Waals surface area (Å²) in [6.07, 6.45) is 1.85. The molecule has 0 atom stereocenters. The van der Waals surface area contributed by atoms with Crippen LogP contribution in [0.5, 0.6) is 0 Å². The van der Waals surface area contributed by atoms with E-state index in [-0.39, 0.29) is 23.9 Å². The Morgan fingerprint density at radius 2 is 1.84 bits per heavy atom. The van der Waals surface area contributed by atoms with Gasteiger partial charge in [-0.1, -0.05) is 29.8 Å². The Morgan fingerprint density at radius 3 is 2.44 bits per heavy atom. The molecule has 1 aliphatic heterocycles. The Balaban J connectivity index is 0.00000225. The molecule has 136 valence electrons. The summed E-state index contributed by atoms with van der Waals surface area (Å²) in [6, 6.07) is 7.53. The molecule has 1 fully saturated rings. The summed E-state index contributed by atoms with van der Waals surface area (Å²) < 4.78 is 1.85. The van der Waals surface area contributed by atoms with Gasteiger partial charge in [0.2, 0.25) is 0 Å². The Bertz CT molecular complexity index is 746. The van der Waals surface area contributed by atoms with Crippen LogP contribution in [0.1, 0.15) is 31.1 Å². The summed E-state index contributed by atoms with van der Waals surface area (Å²) in [4.78, 5) is 14.9. The van der Waals surface area contributed by atoms with E-state index >= 15 is 0 Å². The highest BCUT2D eigenvalue weighted by atomic mass is 35.5. The lowest BCUT2D eigenvalue weighted by molar-refractivity contribution is 0.0736. The lowest BCUT2D eigenvalue weighted by atomic mass is 10.1. The van der Waals surface area contributed by atoms with E-state index in [1.807, 2.05) is 40.0 Å². The van der Waals surface area contributed by atoms with Crippen molar-refractivity contribution in [2.45, 2.75) is 26.3 Å². The van der Waals surface area contributed by atoms with Crippen molar-refractivity contribution in [2.24, 2.45) is 0 Å². The molecule has 1 aromatic carbocycles. The molecule has 1 amide bonds. The van der Waals surface area contributed by atoms with Gasteiger partial charge in [-0.25, -0.2) is 0 Å². The second kappa shape index (κ2) is 7.77. The monoisotopic (exact) mass is 382 g/mol. The third-order valence-electron chi connectivity index (χ3n) is 4.17. The molecule has 2 aromatic rings. The molecule has 0 bridgehead atoms. The van der Waals surface area contributed by atoms with E-state index in [0.29, 0.717) is 29.4 Å². The Morgan fingerprint density at radius 1 is 1.20 bits per heavy atom. The van der Waals surface area contributed by atoms with E-state index < -0.39 is 0 Å². The third-order valence-corrected chi connectivity index (χ3v) is 4.49. The predicted molar refractivity (Wildman–Crippen MR) is 104 cm³/mol. The van der Waals surface area contributed by atoms with Crippen molar-refractivity contribution in [3.8, 4) is 11.3 Å². The van der Waals surface area contributed by atoms with Crippen LogP contribution in [0.25, 0.3) is 11.3 Å². The molecule has 1 aromatic heterocycles. The van der Waals surface area contributed by atoms with Crippen molar-refractivity contribution in [3.05, 3.63) is 41.0 Å². The summed E-state index contributed by atoms with van der Waals surface area (Å²) in [5.41, 5.74) is 1.84. The highest BCUT2D eigenvalue weighted by molar-refractivity contribution is 6.33. The molecule has 1 saturated heterocycles. The SMILES string of the molecule is CC(C)(C)n1cc(C(=O)N2CCNCC2)c(-c2ccccc2Cl)n1.Cl. The Kier molecular flexibility index (Phi) is 6.14. The van der Waals surface area contributed by atoms with Crippen molar-refractivity contribution in [3.63, 3.8) is 0 Å². The van der Waals surface area contributed by atoms with Crippen LogP contribution in [0.4, 0.5) is 0 Å². The number of hydrogen-bond donors (Lipinski definition) is 1. The van der Waals surface area contributed by atoms with Gasteiger partial charge in [-0.3, -0.25) is 9.48 Å². The fourth-order valence-corrected chi connectivity index (χ4v) is 2.99. The number of aromatic nitrogens is 2. The van der Waals surface area contributed by atoms with Gasteiger partial charge in [0.05, 0.1) is 16.1 Å². The molecule has 1 aliphatic rings. The van der Waals surface area contributed by atoms with Crippen molar-refractivity contribution in [1.29, 1.82) is 0 Å². The third kappa shape index (κ3) is 4.17. The van der Waals surface area contributed by atoms with Crippen molar-refractivity contribution < 1.29 is 4.79 Å². The van der Waals surface area contributed by atoms with Gasteiger partial charge >= 0.3 is 0 Å². The second-order valence-corrected chi connectivity index (χ2v) is 7.44. The standard InChI is InChI=1S/C18H23ClN4O.ClH/c1-18(2,3)23-12-14(17(24)22-10-8-20-9-11-22)16(21-23)13-6-4-5-7-15(13)19;/h4-7,12,20H,8-11H2,1-3H3;1H. The van der Waals surface area contributed by atoms with Gasteiger partial charge in [-0.2, -0.15) is 5.10 Å². The number of piperazine rings is 1. The summed E-state index contributed by atoms with van der Waals surface area (Å²) in [5, 5.41) is 8.57. The van der Waals surface area contributed by atoms with Gasteiger partial charge in [-0.05, 0) is 26.8 Å².